The largest absolute Gasteiger partial charge is 0.480 e. The number of methoxy groups -OCH3 is 1. The second-order valence-electron chi connectivity index (χ2n) is 4.43. The molecule has 0 aliphatic carbocycles. The molecule has 0 aromatic heterocycles. The second-order valence-corrected chi connectivity index (χ2v) is 4.43. The van der Waals surface area contributed by atoms with Gasteiger partial charge in [-0.1, -0.05) is 0 Å². The molecule has 0 fully saturated rings. The van der Waals surface area contributed by atoms with Gasteiger partial charge < -0.3 is 9.84 Å². The molecule has 4 nitrogen and oxygen atoms in total. The van der Waals surface area contributed by atoms with Crippen LogP contribution in [0.1, 0.15) is 18.1 Å². The Hall–Kier alpha value is -1.53. The number of ether oxygens (including phenoxy) is 1. The average Bonchev–Trinajstić information content (AvgIpc) is 2.33. The average molecular weight is 273 g/mol. The van der Waals surface area contributed by atoms with Crippen LogP contribution in [0, 0.1) is 18.6 Å². The molecule has 2 N–H and O–H groups in total. The van der Waals surface area contributed by atoms with Gasteiger partial charge in [-0.3, -0.25) is 5.32 Å². The Morgan fingerprint density at radius 3 is 2.58 bits per heavy atom. The molecule has 0 aliphatic heterocycles. The van der Waals surface area contributed by atoms with Gasteiger partial charge in [-0.05, 0) is 31.5 Å². The minimum absolute atomic E-state index is 0.130. The highest BCUT2D eigenvalue weighted by Gasteiger charge is 2.37. The van der Waals surface area contributed by atoms with Crippen molar-refractivity contribution in [1.29, 1.82) is 0 Å². The summed E-state index contributed by atoms with van der Waals surface area (Å²) in [5.41, 5.74) is -1.82. The molecule has 1 unspecified atom stereocenters. The molecule has 106 valence electrons. The number of aryl methyl sites for hydroxylation is 1. The van der Waals surface area contributed by atoms with E-state index in [0.29, 0.717) is 0 Å². The van der Waals surface area contributed by atoms with Crippen molar-refractivity contribution in [3.63, 3.8) is 0 Å². The number of rotatable bonds is 6. The first-order valence-corrected chi connectivity index (χ1v) is 5.76. The van der Waals surface area contributed by atoms with Crippen LogP contribution >= 0.6 is 0 Å². The van der Waals surface area contributed by atoms with Gasteiger partial charge in [0.15, 0.2) is 0 Å². The number of aliphatic carboxylic acids is 1. The molecule has 0 saturated carbocycles. The summed E-state index contributed by atoms with van der Waals surface area (Å²) >= 11 is 0. The first kappa shape index (κ1) is 15.5. The Kier molecular flexibility index (Phi) is 4.97. The van der Waals surface area contributed by atoms with Gasteiger partial charge in [0, 0.05) is 19.2 Å². The standard InChI is InChI=1S/C13H17F2NO3/c1-8-6-11(15)9(7-10(8)14)13(2,12(17)18)16-4-5-19-3/h6-7,16H,4-5H2,1-3H3,(H,17,18). The molecule has 6 heteroatoms. The molecule has 1 aromatic carbocycles. The van der Waals surface area contributed by atoms with E-state index in [1.165, 1.54) is 21.0 Å². The van der Waals surface area contributed by atoms with Crippen molar-refractivity contribution >= 4 is 5.97 Å². The van der Waals surface area contributed by atoms with Gasteiger partial charge in [-0.2, -0.15) is 0 Å². The van der Waals surface area contributed by atoms with E-state index in [2.05, 4.69) is 5.32 Å². The van der Waals surface area contributed by atoms with Crippen LogP contribution in [0.25, 0.3) is 0 Å². The van der Waals surface area contributed by atoms with Crippen molar-refractivity contribution in [1.82, 2.24) is 5.32 Å². The Morgan fingerprint density at radius 2 is 2.05 bits per heavy atom. The van der Waals surface area contributed by atoms with Gasteiger partial charge in [-0.25, -0.2) is 13.6 Å². The summed E-state index contributed by atoms with van der Waals surface area (Å²) in [6.45, 7) is 3.17. The molecular formula is C13H17F2NO3. The minimum atomic E-state index is -1.71. The molecule has 0 aliphatic rings. The SMILES string of the molecule is COCCNC(C)(C(=O)O)c1cc(F)c(C)cc1F. The number of carbonyl (C=O) groups is 1. The third-order valence-corrected chi connectivity index (χ3v) is 3.00. The molecule has 1 atom stereocenters. The van der Waals surface area contributed by atoms with Crippen molar-refractivity contribution in [2.24, 2.45) is 0 Å². The van der Waals surface area contributed by atoms with Crippen LogP contribution in [0.5, 0.6) is 0 Å². The Balaban J connectivity index is 3.18. The third-order valence-electron chi connectivity index (χ3n) is 3.00. The molecule has 0 saturated heterocycles. The zero-order valence-electron chi connectivity index (χ0n) is 11.1. The van der Waals surface area contributed by atoms with Crippen LogP contribution < -0.4 is 5.32 Å². The van der Waals surface area contributed by atoms with E-state index >= 15 is 0 Å². The lowest BCUT2D eigenvalue weighted by Gasteiger charge is -2.27. The number of hydrogen-bond donors (Lipinski definition) is 2. The predicted octanol–water partition coefficient (Wildman–Crippen LogP) is 1.81. The maximum atomic E-state index is 13.9. The maximum Gasteiger partial charge on any atom is 0.328 e. The van der Waals surface area contributed by atoms with E-state index in [1.807, 2.05) is 0 Å². The van der Waals surface area contributed by atoms with E-state index in [9.17, 15) is 18.7 Å². The molecule has 0 amide bonds. The lowest BCUT2D eigenvalue weighted by molar-refractivity contribution is -0.144. The maximum absolute atomic E-state index is 13.9. The summed E-state index contributed by atoms with van der Waals surface area (Å²) < 4.78 is 32.2. The van der Waals surface area contributed by atoms with E-state index in [4.69, 9.17) is 4.74 Å². The van der Waals surface area contributed by atoms with Gasteiger partial charge >= 0.3 is 5.97 Å². The fraction of sp³-hybridized carbons (Fsp3) is 0.462. The van der Waals surface area contributed by atoms with E-state index in [0.717, 1.165) is 12.1 Å². The van der Waals surface area contributed by atoms with Gasteiger partial charge in [-0.15, -0.1) is 0 Å². The van der Waals surface area contributed by atoms with Crippen molar-refractivity contribution in [2.75, 3.05) is 20.3 Å². The van der Waals surface area contributed by atoms with Gasteiger partial charge in [0.1, 0.15) is 17.2 Å². The highest BCUT2D eigenvalue weighted by atomic mass is 19.1. The Bertz CT molecular complexity index is 479. The first-order valence-electron chi connectivity index (χ1n) is 5.76. The molecule has 0 heterocycles. The molecule has 1 rings (SSSR count). The fourth-order valence-corrected chi connectivity index (χ4v) is 1.72. The Labute approximate surface area is 110 Å². The van der Waals surface area contributed by atoms with Crippen LogP contribution in [0.3, 0.4) is 0 Å². The van der Waals surface area contributed by atoms with Gasteiger partial charge in [0.2, 0.25) is 0 Å². The van der Waals surface area contributed by atoms with Crippen LogP contribution in [-0.2, 0) is 15.1 Å². The minimum Gasteiger partial charge on any atom is -0.480 e. The number of nitrogens with one attached hydrogen (secondary N) is 1. The monoisotopic (exact) mass is 273 g/mol. The van der Waals surface area contributed by atoms with E-state index in [1.54, 1.807) is 0 Å². The highest BCUT2D eigenvalue weighted by Crippen LogP contribution is 2.26. The molecular weight excluding hydrogens is 256 g/mol. The summed E-state index contributed by atoms with van der Waals surface area (Å²) in [6.07, 6.45) is 0. The first-order chi connectivity index (χ1) is 8.82. The third kappa shape index (κ3) is 3.27. The predicted molar refractivity (Wildman–Crippen MR) is 66.0 cm³/mol. The van der Waals surface area contributed by atoms with Crippen molar-refractivity contribution in [2.45, 2.75) is 19.4 Å². The zero-order valence-corrected chi connectivity index (χ0v) is 11.1. The quantitative estimate of drug-likeness (QED) is 0.776. The summed E-state index contributed by atoms with van der Waals surface area (Å²) in [4.78, 5) is 11.4. The van der Waals surface area contributed by atoms with Gasteiger partial charge in [0.25, 0.3) is 0 Å². The molecule has 0 radical (unpaired) electrons. The molecule has 19 heavy (non-hydrogen) atoms. The highest BCUT2D eigenvalue weighted by molar-refractivity contribution is 5.80. The fourth-order valence-electron chi connectivity index (χ4n) is 1.72. The number of hydrogen-bond acceptors (Lipinski definition) is 3. The number of carboxylic acid groups (broad SMARTS) is 1. The zero-order chi connectivity index (χ0) is 14.6. The number of benzene rings is 1. The summed E-state index contributed by atoms with van der Waals surface area (Å²) in [7, 11) is 1.46. The summed E-state index contributed by atoms with van der Waals surface area (Å²) in [5, 5.41) is 11.9. The van der Waals surface area contributed by atoms with Gasteiger partial charge in [0.05, 0.1) is 6.61 Å². The molecule has 0 bridgehead atoms. The van der Waals surface area contributed by atoms with Crippen molar-refractivity contribution in [3.05, 3.63) is 34.9 Å². The van der Waals surface area contributed by atoms with Crippen LogP contribution in [0.4, 0.5) is 8.78 Å². The molecule has 1 aromatic rings. The van der Waals surface area contributed by atoms with Crippen LogP contribution in [-0.4, -0.2) is 31.3 Å². The lowest BCUT2D eigenvalue weighted by Crippen LogP contribution is -2.48. The summed E-state index contributed by atoms with van der Waals surface area (Å²) in [6, 6.07) is 1.91. The molecule has 0 spiro atoms. The number of halogens is 2. The second kappa shape index (κ2) is 6.08. The normalized spacial score (nSPS) is 14.2. The van der Waals surface area contributed by atoms with Crippen LogP contribution in [0.2, 0.25) is 0 Å². The smallest absolute Gasteiger partial charge is 0.328 e. The van der Waals surface area contributed by atoms with E-state index < -0.39 is 23.1 Å². The van der Waals surface area contributed by atoms with E-state index in [-0.39, 0.29) is 24.3 Å². The lowest BCUT2D eigenvalue weighted by atomic mass is 9.90. The summed E-state index contributed by atoms with van der Waals surface area (Å²) in [5.74, 6) is -2.68. The number of carboxylic acids is 1. The van der Waals surface area contributed by atoms with Crippen molar-refractivity contribution < 1.29 is 23.4 Å². The Morgan fingerprint density at radius 1 is 1.42 bits per heavy atom. The van der Waals surface area contributed by atoms with Crippen molar-refractivity contribution in [3.8, 4) is 0 Å². The topological polar surface area (TPSA) is 58.6 Å². The van der Waals surface area contributed by atoms with Crippen LogP contribution in [0.15, 0.2) is 12.1 Å².